The topological polar surface area (TPSA) is 94.2 Å². The predicted octanol–water partition coefficient (Wildman–Crippen LogP) is 0.355. The summed E-state index contributed by atoms with van der Waals surface area (Å²) in [7, 11) is 1.19. The standard InChI is InChI=1S/C14H14N2O6/c1-14(8-3-4-9-10(5-8)22-7-21-9)12(18)16(13(19)15-14)6-11(17)20-2/h3-5H,6-7H2,1-2H3,(H,15,19)/t14-/m0/s1. The van der Waals surface area contributed by atoms with Crippen molar-refractivity contribution in [1.82, 2.24) is 10.2 Å². The molecule has 2 aliphatic rings. The van der Waals surface area contributed by atoms with E-state index in [0.29, 0.717) is 17.1 Å². The molecule has 8 heteroatoms. The number of ether oxygens (including phenoxy) is 3. The van der Waals surface area contributed by atoms with Crippen LogP contribution in [0.4, 0.5) is 4.79 Å². The van der Waals surface area contributed by atoms with E-state index in [1.807, 2.05) is 0 Å². The van der Waals surface area contributed by atoms with E-state index in [1.54, 1.807) is 25.1 Å². The monoisotopic (exact) mass is 306 g/mol. The minimum absolute atomic E-state index is 0.115. The van der Waals surface area contributed by atoms with Crippen LogP contribution in [0.3, 0.4) is 0 Å². The van der Waals surface area contributed by atoms with Crippen molar-refractivity contribution in [2.24, 2.45) is 0 Å². The molecule has 3 rings (SSSR count). The second kappa shape index (κ2) is 4.90. The molecule has 1 aromatic rings. The number of esters is 1. The summed E-state index contributed by atoms with van der Waals surface area (Å²) < 4.78 is 15.0. The molecule has 0 unspecified atom stereocenters. The van der Waals surface area contributed by atoms with E-state index in [2.05, 4.69) is 10.1 Å². The molecule has 0 spiro atoms. The highest BCUT2D eigenvalue weighted by Gasteiger charge is 2.50. The third-order valence-corrected chi connectivity index (χ3v) is 3.74. The van der Waals surface area contributed by atoms with Crippen LogP contribution in [0.15, 0.2) is 18.2 Å². The highest BCUT2D eigenvalue weighted by atomic mass is 16.7. The van der Waals surface area contributed by atoms with Crippen LogP contribution in [-0.4, -0.2) is 43.3 Å². The Morgan fingerprint density at radius 3 is 2.82 bits per heavy atom. The molecule has 1 N–H and O–H groups in total. The van der Waals surface area contributed by atoms with Crippen molar-refractivity contribution < 1.29 is 28.6 Å². The summed E-state index contributed by atoms with van der Waals surface area (Å²) in [5.41, 5.74) is -0.728. The fraction of sp³-hybridized carbons (Fsp3) is 0.357. The zero-order valence-corrected chi connectivity index (χ0v) is 12.0. The zero-order chi connectivity index (χ0) is 15.9. The number of carbonyl (C=O) groups is 3. The molecule has 1 aromatic carbocycles. The Hall–Kier alpha value is -2.77. The number of methoxy groups -OCH3 is 1. The number of amides is 3. The van der Waals surface area contributed by atoms with Gasteiger partial charge in [0.15, 0.2) is 11.5 Å². The summed E-state index contributed by atoms with van der Waals surface area (Å²) in [4.78, 5) is 36.7. The number of hydrogen-bond donors (Lipinski definition) is 1. The molecule has 0 aliphatic carbocycles. The maximum absolute atomic E-state index is 12.6. The molecule has 116 valence electrons. The lowest BCUT2D eigenvalue weighted by Gasteiger charge is -2.22. The fourth-order valence-electron chi connectivity index (χ4n) is 2.44. The number of nitrogens with zero attached hydrogens (tertiary/aromatic N) is 1. The second-order valence-corrected chi connectivity index (χ2v) is 5.09. The van der Waals surface area contributed by atoms with Crippen LogP contribution in [0.25, 0.3) is 0 Å². The minimum atomic E-state index is -1.27. The number of fused-ring (bicyclic) bond motifs is 1. The van der Waals surface area contributed by atoms with Crippen LogP contribution in [0.5, 0.6) is 11.5 Å². The first-order chi connectivity index (χ1) is 10.5. The molecule has 1 saturated heterocycles. The van der Waals surface area contributed by atoms with E-state index in [1.165, 1.54) is 7.11 Å². The second-order valence-electron chi connectivity index (χ2n) is 5.09. The van der Waals surface area contributed by atoms with Gasteiger partial charge in [-0.25, -0.2) is 4.79 Å². The summed E-state index contributed by atoms with van der Waals surface area (Å²) in [6.07, 6.45) is 0. The molecule has 2 heterocycles. The molecular formula is C14H14N2O6. The number of carbonyl (C=O) groups excluding carboxylic acids is 3. The lowest BCUT2D eigenvalue weighted by molar-refractivity contribution is -0.145. The third-order valence-electron chi connectivity index (χ3n) is 3.74. The van der Waals surface area contributed by atoms with Gasteiger partial charge in [0.05, 0.1) is 7.11 Å². The van der Waals surface area contributed by atoms with Gasteiger partial charge in [0.1, 0.15) is 12.1 Å². The van der Waals surface area contributed by atoms with Gasteiger partial charge in [-0.2, -0.15) is 0 Å². The maximum Gasteiger partial charge on any atom is 0.325 e. The minimum Gasteiger partial charge on any atom is -0.468 e. The number of rotatable bonds is 3. The van der Waals surface area contributed by atoms with Crippen molar-refractivity contribution in [1.29, 1.82) is 0 Å². The first kappa shape index (κ1) is 14.2. The van der Waals surface area contributed by atoms with Crippen molar-refractivity contribution >= 4 is 17.9 Å². The van der Waals surface area contributed by atoms with Gasteiger partial charge >= 0.3 is 12.0 Å². The van der Waals surface area contributed by atoms with Crippen LogP contribution in [0, 0.1) is 0 Å². The summed E-state index contributed by atoms with van der Waals surface area (Å²) >= 11 is 0. The lowest BCUT2D eigenvalue weighted by atomic mass is 9.91. The average Bonchev–Trinajstić information content (AvgIpc) is 3.05. The Bertz CT molecular complexity index is 673. The molecule has 8 nitrogen and oxygen atoms in total. The molecule has 2 aliphatic heterocycles. The smallest absolute Gasteiger partial charge is 0.325 e. The van der Waals surface area contributed by atoms with Gasteiger partial charge < -0.3 is 19.5 Å². The van der Waals surface area contributed by atoms with Crippen molar-refractivity contribution in [3.63, 3.8) is 0 Å². The first-order valence-corrected chi connectivity index (χ1v) is 6.57. The third kappa shape index (κ3) is 2.03. The van der Waals surface area contributed by atoms with E-state index < -0.39 is 30.0 Å². The number of benzene rings is 1. The van der Waals surface area contributed by atoms with Gasteiger partial charge in [-0.1, -0.05) is 6.07 Å². The van der Waals surface area contributed by atoms with Crippen LogP contribution in [-0.2, 0) is 19.9 Å². The molecule has 0 aromatic heterocycles. The van der Waals surface area contributed by atoms with E-state index in [4.69, 9.17) is 9.47 Å². The SMILES string of the molecule is COC(=O)CN1C(=O)N[C@@](C)(c2ccc3c(c2)OCO3)C1=O. The molecule has 1 fully saturated rings. The first-order valence-electron chi connectivity index (χ1n) is 6.57. The van der Waals surface area contributed by atoms with Crippen LogP contribution in [0.2, 0.25) is 0 Å². The Morgan fingerprint density at radius 2 is 2.09 bits per heavy atom. The molecule has 22 heavy (non-hydrogen) atoms. The zero-order valence-electron chi connectivity index (χ0n) is 12.0. The van der Waals surface area contributed by atoms with Gasteiger partial charge in [-0.15, -0.1) is 0 Å². The normalized spacial score (nSPS) is 22.7. The molecule has 0 radical (unpaired) electrons. The lowest BCUT2D eigenvalue weighted by Crippen LogP contribution is -2.41. The Balaban J connectivity index is 1.91. The number of nitrogens with one attached hydrogen (secondary N) is 1. The van der Waals surface area contributed by atoms with Gasteiger partial charge in [0.2, 0.25) is 6.79 Å². The number of hydrogen-bond acceptors (Lipinski definition) is 6. The van der Waals surface area contributed by atoms with E-state index >= 15 is 0 Å². The summed E-state index contributed by atoms with van der Waals surface area (Å²) in [5, 5.41) is 2.60. The maximum atomic E-state index is 12.6. The average molecular weight is 306 g/mol. The Labute approximate surface area is 125 Å². The summed E-state index contributed by atoms with van der Waals surface area (Å²) in [6, 6.07) is 4.34. The molecule has 0 saturated carbocycles. The molecular weight excluding hydrogens is 292 g/mol. The molecule has 3 amide bonds. The molecule has 1 atom stereocenters. The van der Waals surface area contributed by atoms with Crippen molar-refractivity contribution in [3.05, 3.63) is 23.8 Å². The van der Waals surface area contributed by atoms with E-state index in [0.717, 1.165) is 4.90 Å². The van der Waals surface area contributed by atoms with E-state index in [9.17, 15) is 14.4 Å². The largest absolute Gasteiger partial charge is 0.468 e. The fourth-order valence-corrected chi connectivity index (χ4v) is 2.44. The number of urea groups is 1. The van der Waals surface area contributed by atoms with Gasteiger partial charge in [0, 0.05) is 0 Å². The summed E-state index contributed by atoms with van der Waals surface area (Å²) in [6.45, 7) is 1.26. The highest BCUT2D eigenvalue weighted by Crippen LogP contribution is 2.37. The van der Waals surface area contributed by atoms with Crippen LogP contribution in [0.1, 0.15) is 12.5 Å². The summed E-state index contributed by atoms with van der Waals surface area (Å²) in [5.74, 6) is -0.108. The molecule has 0 bridgehead atoms. The van der Waals surface area contributed by atoms with Crippen molar-refractivity contribution in [2.75, 3.05) is 20.4 Å². The van der Waals surface area contributed by atoms with Crippen LogP contribution >= 0.6 is 0 Å². The highest BCUT2D eigenvalue weighted by molar-refractivity contribution is 6.08. The van der Waals surface area contributed by atoms with Crippen LogP contribution < -0.4 is 14.8 Å². The Morgan fingerprint density at radius 1 is 1.36 bits per heavy atom. The van der Waals surface area contributed by atoms with Crippen molar-refractivity contribution in [2.45, 2.75) is 12.5 Å². The van der Waals surface area contributed by atoms with Gasteiger partial charge in [0.25, 0.3) is 5.91 Å². The Kier molecular flexibility index (Phi) is 3.16. The van der Waals surface area contributed by atoms with E-state index in [-0.39, 0.29) is 6.79 Å². The van der Waals surface area contributed by atoms with Gasteiger partial charge in [-0.05, 0) is 24.6 Å². The van der Waals surface area contributed by atoms with Crippen molar-refractivity contribution in [3.8, 4) is 11.5 Å². The predicted molar refractivity (Wildman–Crippen MR) is 72.2 cm³/mol. The quantitative estimate of drug-likeness (QED) is 0.640. The number of imide groups is 1. The van der Waals surface area contributed by atoms with Gasteiger partial charge in [-0.3, -0.25) is 14.5 Å².